The molecule has 3 aliphatic rings. The van der Waals surface area contributed by atoms with Gasteiger partial charge in [-0.15, -0.1) is 0 Å². The molecule has 41 heavy (non-hydrogen) atoms. The monoisotopic (exact) mass is 581 g/mol. The number of nitrogens with zero attached hydrogens (tertiary/aromatic N) is 4. The lowest BCUT2D eigenvalue weighted by atomic mass is 9.90. The Kier molecular flexibility index (Phi) is 7.58. The van der Waals surface area contributed by atoms with Crippen LogP contribution in [0, 0.1) is 11.7 Å². The quantitative estimate of drug-likeness (QED) is 0.474. The number of pyridine rings is 1. The number of benzene rings is 1. The molecule has 1 unspecified atom stereocenters. The van der Waals surface area contributed by atoms with Gasteiger partial charge in [-0.25, -0.2) is 14.2 Å². The summed E-state index contributed by atoms with van der Waals surface area (Å²) in [5.41, 5.74) is -0.305. The van der Waals surface area contributed by atoms with Gasteiger partial charge in [0, 0.05) is 31.1 Å². The number of aromatic nitrogens is 3. The minimum Gasteiger partial charge on any atom is -0.506 e. The Balaban J connectivity index is 1.17. The van der Waals surface area contributed by atoms with Gasteiger partial charge in [-0.3, -0.25) is 23.5 Å². The van der Waals surface area contributed by atoms with Gasteiger partial charge >= 0.3 is 5.69 Å². The van der Waals surface area contributed by atoms with Crippen molar-refractivity contribution in [3.63, 3.8) is 0 Å². The van der Waals surface area contributed by atoms with E-state index in [0.717, 1.165) is 30.5 Å². The molecule has 6 rings (SSSR count). The maximum atomic E-state index is 14.2. The third-order valence-corrected chi connectivity index (χ3v) is 9.60. The third kappa shape index (κ3) is 5.25. The molecule has 2 aromatic heterocycles. The Bertz CT molecular complexity index is 1610. The molecule has 2 amide bonds. The van der Waals surface area contributed by atoms with Crippen molar-refractivity contribution in [2.24, 2.45) is 5.92 Å². The highest BCUT2D eigenvalue weighted by atomic mass is 32.2. The molecule has 1 aliphatic carbocycles. The average molecular weight is 582 g/mol. The minimum atomic E-state index is -0.622. The topological polar surface area (TPSA) is 127 Å². The van der Waals surface area contributed by atoms with Crippen LogP contribution in [0.15, 0.2) is 46.1 Å². The van der Waals surface area contributed by atoms with Crippen LogP contribution in [0.25, 0.3) is 11.0 Å². The lowest BCUT2D eigenvalue weighted by Crippen LogP contribution is -2.47. The fourth-order valence-electron chi connectivity index (χ4n) is 6.41. The third-order valence-electron chi connectivity index (χ3n) is 8.56. The Hall–Kier alpha value is -3.67. The summed E-state index contributed by atoms with van der Waals surface area (Å²) in [5, 5.41) is 13.3. The summed E-state index contributed by atoms with van der Waals surface area (Å²) in [6.07, 6.45) is 4.79. The molecule has 0 spiro atoms. The van der Waals surface area contributed by atoms with E-state index in [1.807, 2.05) is 11.8 Å². The standard InChI is InChI=1S/C29H32FN5O5S/c30-18-14-22-26(31-15-18)34(21-9-11-41-12-10-21)29(40)35(28(22)39)20-7-5-19(6-8-20)32-27(38)17-13-25(37)33(16-17)23-3-1-2-4-24(23)36/h1-4,14-15,17,19-21,36H,5-13,16H2,(H,32,38)/t17?,19-,20+. The largest absolute Gasteiger partial charge is 0.506 e. The van der Waals surface area contributed by atoms with Crippen molar-refractivity contribution >= 4 is 40.3 Å². The highest BCUT2D eigenvalue weighted by molar-refractivity contribution is 7.99. The number of aromatic hydroxyl groups is 1. The van der Waals surface area contributed by atoms with E-state index >= 15 is 0 Å². The van der Waals surface area contributed by atoms with Crippen LogP contribution in [0.3, 0.4) is 0 Å². The predicted molar refractivity (Wildman–Crippen MR) is 154 cm³/mol. The van der Waals surface area contributed by atoms with E-state index in [-0.39, 0.29) is 59.7 Å². The lowest BCUT2D eigenvalue weighted by Gasteiger charge is -2.32. The van der Waals surface area contributed by atoms with E-state index in [2.05, 4.69) is 10.3 Å². The van der Waals surface area contributed by atoms with E-state index in [4.69, 9.17) is 0 Å². The predicted octanol–water partition coefficient (Wildman–Crippen LogP) is 3.12. The van der Waals surface area contributed by atoms with Gasteiger partial charge in [-0.2, -0.15) is 11.8 Å². The molecule has 0 bridgehead atoms. The number of nitrogens with one attached hydrogen (secondary N) is 1. The van der Waals surface area contributed by atoms with Crippen molar-refractivity contribution in [1.82, 2.24) is 19.4 Å². The second-order valence-corrected chi connectivity index (χ2v) is 12.3. The van der Waals surface area contributed by atoms with Crippen molar-refractivity contribution in [2.75, 3.05) is 23.0 Å². The molecule has 2 saturated heterocycles. The number of para-hydroxylation sites is 2. The number of phenols is 1. The maximum absolute atomic E-state index is 14.2. The van der Waals surface area contributed by atoms with Crippen LogP contribution in [0.4, 0.5) is 10.1 Å². The molecule has 12 heteroatoms. The van der Waals surface area contributed by atoms with Crippen molar-refractivity contribution < 1.29 is 19.1 Å². The van der Waals surface area contributed by atoms with Crippen LogP contribution < -0.4 is 21.5 Å². The van der Waals surface area contributed by atoms with Gasteiger partial charge in [0.05, 0.1) is 23.2 Å². The smallest absolute Gasteiger partial charge is 0.333 e. The number of anilines is 1. The molecule has 3 aromatic rings. The number of amides is 2. The number of hydrogen-bond acceptors (Lipinski definition) is 7. The fraction of sp³-hybridized carbons (Fsp3) is 0.483. The Morgan fingerprint density at radius 2 is 1.71 bits per heavy atom. The van der Waals surface area contributed by atoms with Crippen LogP contribution in [-0.2, 0) is 9.59 Å². The number of halogens is 1. The van der Waals surface area contributed by atoms with E-state index in [1.165, 1.54) is 21.6 Å². The zero-order valence-electron chi connectivity index (χ0n) is 22.5. The SMILES string of the molecule is O=C(N[C@H]1CC[C@@H](n2c(=O)c3cc(F)cnc3n(C3CCSCC3)c2=O)CC1)C1CC(=O)N(c2ccccc2O)C1. The number of rotatable bonds is 5. The summed E-state index contributed by atoms with van der Waals surface area (Å²) in [6.45, 7) is 0.188. The van der Waals surface area contributed by atoms with Crippen LogP contribution in [-0.4, -0.2) is 55.1 Å². The molecule has 1 aromatic carbocycles. The molecule has 1 saturated carbocycles. The van der Waals surface area contributed by atoms with Gasteiger partial charge in [0.25, 0.3) is 5.56 Å². The zero-order chi connectivity index (χ0) is 28.7. The van der Waals surface area contributed by atoms with Crippen molar-refractivity contribution in [3.05, 3.63) is 63.2 Å². The minimum absolute atomic E-state index is 0.0101. The molecule has 3 fully saturated rings. The number of carbonyl (C=O) groups is 2. The van der Waals surface area contributed by atoms with Crippen LogP contribution in [0.5, 0.6) is 5.75 Å². The highest BCUT2D eigenvalue weighted by Crippen LogP contribution is 2.33. The summed E-state index contributed by atoms with van der Waals surface area (Å²) < 4.78 is 17.0. The van der Waals surface area contributed by atoms with E-state index < -0.39 is 23.0 Å². The van der Waals surface area contributed by atoms with Crippen molar-refractivity contribution in [3.8, 4) is 5.75 Å². The van der Waals surface area contributed by atoms with Gasteiger partial charge < -0.3 is 15.3 Å². The molecular weight excluding hydrogens is 549 g/mol. The number of fused-ring (bicyclic) bond motifs is 1. The number of carbonyl (C=O) groups excluding carboxylic acids is 2. The molecule has 216 valence electrons. The van der Waals surface area contributed by atoms with Crippen LogP contribution >= 0.6 is 11.8 Å². The fourth-order valence-corrected chi connectivity index (χ4v) is 7.49. The summed E-state index contributed by atoms with van der Waals surface area (Å²) in [4.78, 5) is 58.5. The Labute approximate surface area is 239 Å². The van der Waals surface area contributed by atoms with Gasteiger partial charge in [0.2, 0.25) is 11.8 Å². The zero-order valence-corrected chi connectivity index (χ0v) is 23.3. The van der Waals surface area contributed by atoms with Crippen LogP contribution in [0.2, 0.25) is 0 Å². The van der Waals surface area contributed by atoms with Crippen molar-refractivity contribution in [2.45, 2.75) is 63.1 Å². The molecule has 1 atom stereocenters. The van der Waals surface area contributed by atoms with Gasteiger partial charge in [-0.05, 0) is 68.2 Å². The van der Waals surface area contributed by atoms with E-state index in [9.17, 15) is 28.7 Å². The maximum Gasteiger partial charge on any atom is 0.333 e. The summed E-state index contributed by atoms with van der Waals surface area (Å²) in [7, 11) is 0. The molecule has 2 aliphatic heterocycles. The van der Waals surface area contributed by atoms with Gasteiger partial charge in [0.15, 0.2) is 0 Å². The molecule has 2 N–H and O–H groups in total. The van der Waals surface area contributed by atoms with E-state index in [1.54, 1.807) is 22.8 Å². The van der Waals surface area contributed by atoms with Gasteiger partial charge in [0.1, 0.15) is 17.2 Å². The first-order valence-corrected chi connectivity index (χ1v) is 15.3. The second-order valence-electron chi connectivity index (χ2n) is 11.1. The molecule has 4 heterocycles. The summed E-state index contributed by atoms with van der Waals surface area (Å²) >= 11 is 1.82. The highest BCUT2D eigenvalue weighted by Gasteiger charge is 2.37. The van der Waals surface area contributed by atoms with Crippen LogP contribution in [0.1, 0.15) is 57.0 Å². The Morgan fingerprint density at radius 3 is 2.44 bits per heavy atom. The van der Waals surface area contributed by atoms with E-state index in [0.29, 0.717) is 31.4 Å². The summed E-state index contributed by atoms with van der Waals surface area (Å²) in [5.74, 6) is 0.200. The lowest BCUT2D eigenvalue weighted by molar-refractivity contribution is -0.127. The van der Waals surface area contributed by atoms with Crippen molar-refractivity contribution in [1.29, 1.82) is 0 Å². The molecule has 10 nitrogen and oxygen atoms in total. The molecule has 0 radical (unpaired) electrons. The first kappa shape index (κ1) is 27.5. The first-order chi connectivity index (χ1) is 19.8. The second kappa shape index (κ2) is 11.3. The van der Waals surface area contributed by atoms with Gasteiger partial charge in [-0.1, -0.05) is 12.1 Å². The molecular formula is C29H32FN5O5S. The average Bonchev–Trinajstić information content (AvgIpc) is 3.36. The number of hydrogen-bond donors (Lipinski definition) is 2. The normalized spacial score (nSPS) is 23.7. The Morgan fingerprint density at radius 1 is 1.00 bits per heavy atom. The number of phenolic OH excluding ortho intramolecular Hbond substituents is 1. The first-order valence-electron chi connectivity index (χ1n) is 14.1. The summed E-state index contributed by atoms with van der Waals surface area (Å²) in [6, 6.07) is 7.10. The number of thioether (sulfide) groups is 1.